The molecule has 0 saturated carbocycles. The van der Waals surface area contributed by atoms with Gasteiger partial charge >= 0.3 is 5.69 Å². The van der Waals surface area contributed by atoms with E-state index < -0.39 is 17.3 Å². The van der Waals surface area contributed by atoms with E-state index in [1.807, 2.05) is 0 Å². The highest BCUT2D eigenvalue weighted by atomic mass is 19.1. The van der Waals surface area contributed by atoms with Crippen molar-refractivity contribution in [3.63, 3.8) is 0 Å². The zero-order valence-corrected chi connectivity index (χ0v) is 6.25. The summed E-state index contributed by atoms with van der Waals surface area (Å²) >= 11 is 0. The van der Waals surface area contributed by atoms with Crippen LogP contribution in [0.1, 0.15) is 0 Å². The van der Waals surface area contributed by atoms with Gasteiger partial charge in [-0.1, -0.05) is 0 Å². The Morgan fingerprint density at radius 1 is 1.42 bits per heavy atom. The number of rotatable bonds is 2. The maximum absolute atomic E-state index is 12.7. The van der Waals surface area contributed by atoms with Gasteiger partial charge in [0.15, 0.2) is 7.11 Å². The third kappa shape index (κ3) is 1.55. The third-order valence-electron chi connectivity index (χ3n) is 1.27. The Labute approximate surface area is 67.1 Å². The average molecular weight is 174 g/mol. The van der Waals surface area contributed by atoms with Crippen LogP contribution in [0.4, 0.5) is 14.5 Å². The second kappa shape index (κ2) is 3.25. The highest BCUT2D eigenvalue weighted by Gasteiger charge is 2.21. The van der Waals surface area contributed by atoms with Gasteiger partial charge in [-0.05, 0) is 12.1 Å². The molecule has 0 saturated heterocycles. The monoisotopic (exact) mass is 174 g/mol. The molecule has 3 nitrogen and oxygen atoms in total. The Bertz CT molecular complexity index is 314. The summed E-state index contributed by atoms with van der Waals surface area (Å²) in [6, 6.07) is 2.53. The van der Waals surface area contributed by atoms with Crippen molar-refractivity contribution in [2.75, 3.05) is 7.11 Å². The van der Waals surface area contributed by atoms with Crippen LogP contribution >= 0.6 is 0 Å². The fraction of sp³-hybridized carbons (Fsp3) is 0.143. The SMILES string of the molecule is CO[N+](=O)c1cc(F)ccc1F. The summed E-state index contributed by atoms with van der Waals surface area (Å²) in [5, 5.41) is 0. The van der Waals surface area contributed by atoms with Crippen molar-refractivity contribution in [1.82, 2.24) is 0 Å². The van der Waals surface area contributed by atoms with Gasteiger partial charge in [0.1, 0.15) is 5.82 Å². The van der Waals surface area contributed by atoms with Crippen molar-refractivity contribution in [2.45, 2.75) is 0 Å². The van der Waals surface area contributed by atoms with Gasteiger partial charge in [-0.25, -0.2) is 9.23 Å². The van der Waals surface area contributed by atoms with Crippen LogP contribution in [0, 0.1) is 16.5 Å². The van der Waals surface area contributed by atoms with Gasteiger partial charge < -0.3 is 0 Å². The summed E-state index contributed by atoms with van der Waals surface area (Å²) in [5.74, 6) is -1.52. The molecule has 1 rings (SSSR count). The summed E-state index contributed by atoms with van der Waals surface area (Å²) < 4.78 is 25.2. The molecule has 0 spiro atoms. The minimum Gasteiger partial charge on any atom is -0.230 e. The predicted octanol–water partition coefficient (Wildman–Crippen LogP) is 1.94. The molecule has 0 aromatic heterocycles. The molecule has 1 aromatic rings. The Morgan fingerprint density at radius 3 is 2.67 bits per heavy atom. The first kappa shape index (κ1) is 8.58. The number of nitrogens with zero attached hydrogens (tertiary/aromatic N) is 1. The lowest BCUT2D eigenvalue weighted by Gasteiger charge is -1.90. The van der Waals surface area contributed by atoms with Crippen LogP contribution in [0.5, 0.6) is 0 Å². The van der Waals surface area contributed by atoms with E-state index in [1.54, 1.807) is 0 Å². The summed E-state index contributed by atoms with van der Waals surface area (Å²) in [6.45, 7) is 0. The molecule has 0 bridgehead atoms. The third-order valence-corrected chi connectivity index (χ3v) is 1.27. The highest BCUT2D eigenvalue weighted by Crippen LogP contribution is 2.17. The molecule has 1 aromatic carbocycles. The van der Waals surface area contributed by atoms with Crippen LogP contribution in [0.25, 0.3) is 0 Å². The second-order valence-corrected chi connectivity index (χ2v) is 2.04. The zero-order valence-electron chi connectivity index (χ0n) is 6.25. The molecular formula is C7H6F2NO2+. The highest BCUT2D eigenvalue weighted by molar-refractivity contribution is 5.30. The lowest BCUT2D eigenvalue weighted by atomic mass is 10.3. The molecule has 64 valence electrons. The molecule has 5 heteroatoms. The molecule has 0 aliphatic carbocycles. The standard InChI is InChI=1S/C7H6F2NO2/c1-12-10(11)7-4-5(8)2-3-6(7)9/h2-4H,1H3/q+1. The van der Waals surface area contributed by atoms with Gasteiger partial charge in [0, 0.05) is 0 Å². The fourth-order valence-corrected chi connectivity index (χ4v) is 0.724. The number of hydrogen-bond acceptors (Lipinski definition) is 2. The molecule has 0 radical (unpaired) electrons. The molecule has 0 fully saturated rings. The van der Waals surface area contributed by atoms with E-state index in [9.17, 15) is 13.7 Å². The van der Waals surface area contributed by atoms with Crippen LogP contribution in [0.2, 0.25) is 0 Å². The van der Waals surface area contributed by atoms with Gasteiger partial charge in [0.2, 0.25) is 5.82 Å². The molecule has 0 aliphatic heterocycles. The van der Waals surface area contributed by atoms with Gasteiger partial charge in [-0.15, -0.1) is 0 Å². The van der Waals surface area contributed by atoms with E-state index in [0.717, 1.165) is 25.3 Å². The van der Waals surface area contributed by atoms with Crippen molar-refractivity contribution in [3.8, 4) is 0 Å². The first-order chi connectivity index (χ1) is 5.65. The summed E-state index contributed by atoms with van der Waals surface area (Å²) in [7, 11) is 1.07. The lowest BCUT2D eigenvalue weighted by molar-refractivity contribution is -0.737. The molecule has 0 aliphatic rings. The molecule has 0 atom stereocenters. The van der Waals surface area contributed by atoms with E-state index in [4.69, 9.17) is 0 Å². The van der Waals surface area contributed by atoms with E-state index in [-0.39, 0.29) is 4.92 Å². The Kier molecular flexibility index (Phi) is 2.32. The van der Waals surface area contributed by atoms with Crippen molar-refractivity contribution >= 4 is 5.69 Å². The number of benzene rings is 1. The first-order valence-electron chi connectivity index (χ1n) is 3.11. The van der Waals surface area contributed by atoms with Crippen molar-refractivity contribution < 1.29 is 18.5 Å². The minimum absolute atomic E-state index is 0.0988. The van der Waals surface area contributed by atoms with Gasteiger partial charge in [-0.3, -0.25) is 0 Å². The fourth-order valence-electron chi connectivity index (χ4n) is 0.724. The zero-order chi connectivity index (χ0) is 9.14. The average Bonchev–Trinajstić information content (AvgIpc) is 2.08. The van der Waals surface area contributed by atoms with Crippen LogP contribution in [0.3, 0.4) is 0 Å². The smallest absolute Gasteiger partial charge is 0.230 e. The Morgan fingerprint density at radius 2 is 2.08 bits per heavy atom. The van der Waals surface area contributed by atoms with Crippen molar-refractivity contribution in [1.29, 1.82) is 0 Å². The predicted molar refractivity (Wildman–Crippen MR) is 36.7 cm³/mol. The van der Waals surface area contributed by atoms with Crippen molar-refractivity contribution in [2.24, 2.45) is 0 Å². The number of halogens is 2. The largest absolute Gasteiger partial charge is 0.354 e. The van der Waals surface area contributed by atoms with E-state index in [0.29, 0.717) is 0 Å². The van der Waals surface area contributed by atoms with Crippen molar-refractivity contribution in [3.05, 3.63) is 34.7 Å². The maximum atomic E-state index is 12.7. The molecule has 0 amide bonds. The van der Waals surface area contributed by atoms with E-state index in [1.165, 1.54) is 0 Å². The molecule has 12 heavy (non-hydrogen) atoms. The van der Waals surface area contributed by atoms with Gasteiger partial charge in [0.05, 0.1) is 11.0 Å². The Balaban J connectivity index is 3.13. The molecule has 0 heterocycles. The van der Waals surface area contributed by atoms with E-state index >= 15 is 0 Å². The second-order valence-electron chi connectivity index (χ2n) is 2.04. The maximum Gasteiger partial charge on any atom is 0.354 e. The number of hydrogen-bond donors (Lipinski definition) is 0. The van der Waals surface area contributed by atoms with Crippen LogP contribution in [-0.4, -0.2) is 12.0 Å². The van der Waals surface area contributed by atoms with Gasteiger partial charge in [0.25, 0.3) is 4.92 Å². The summed E-state index contributed by atoms with van der Waals surface area (Å²) in [5.41, 5.74) is -0.475. The quantitative estimate of drug-likeness (QED) is 0.641. The molecular weight excluding hydrogens is 168 g/mol. The van der Waals surface area contributed by atoms with Crippen LogP contribution in [0.15, 0.2) is 18.2 Å². The lowest BCUT2D eigenvalue weighted by Crippen LogP contribution is -2.00. The normalized spacial score (nSPS) is 9.58. The topological polar surface area (TPSA) is 29.3 Å². The molecule has 0 N–H and O–H groups in total. The van der Waals surface area contributed by atoms with E-state index in [2.05, 4.69) is 4.84 Å². The van der Waals surface area contributed by atoms with Crippen LogP contribution < -0.4 is 0 Å². The van der Waals surface area contributed by atoms with Crippen LogP contribution in [-0.2, 0) is 4.84 Å². The minimum atomic E-state index is -0.826. The molecule has 0 unspecified atom stereocenters. The first-order valence-corrected chi connectivity index (χ1v) is 3.11. The summed E-state index contributed by atoms with van der Waals surface area (Å²) in [6.07, 6.45) is 0. The summed E-state index contributed by atoms with van der Waals surface area (Å²) in [4.78, 5) is 14.7. The van der Waals surface area contributed by atoms with Gasteiger partial charge in [-0.2, -0.15) is 4.39 Å². The Hall–Kier alpha value is -1.52.